The van der Waals surface area contributed by atoms with Crippen LogP contribution in [0.5, 0.6) is 0 Å². The molecule has 118 valence electrons. The van der Waals surface area contributed by atoms with E-state index in [0.717, 1.165) is 18.9 Å². The molecule has 1 aromatic carbocycles. The minimum Gasteiger partial charge on any atom is -0.353 e. The number of nitrogens with zero attached hydrogens (tertiary/aromatic N) is 3. The first kappa shape index (κ1) is 15.2. The molecule has 1 saturated heterocycles. The maximum absolute atomic E-state index is 13.5. The van der Waals surface area contributed by atoms with E-state index in [0.29, 0.717) is 18.7 Å². The van der Waals surface area contributed by atoms with E-state index in [2.05, 4.69) is 9.88 Å². The largest absolute Gasteiger partial charge is 0.353 e. The van der Waals surface area contributed by atoms with Crippen molar-refractivity contribution >= 4 is 17.8 Å². The smallest absolute Gasteiger partial charge is 0.246 e. The highest BCUT2D eigenvalue weighted by molar-refractivity contribution is 5.92. The molecular weight excluding hydrogens is 293 g/mol. The number of hydrogen-bond acceptors (Lipinski definition) is 3. The summed E-state index contributed by atoms with van der Waals surface area (Å²) in [6.45, 7) is 2.76. The maximum Gasteiger partial charge on any atom is 0.246 e. The normalized spacial score (nSPS) is 15.2. The summed E-state index contributed by atoms with van der Waals surface area (Å²) in [5.74, 6) is 0.520. The summed E-state index contributed by atoms with van der Waals surface area (Å²) in [7, 11) is 0. The van der Waals surface area contributed by atoms with Crippen LogP contribution in [0.25, 0.3) is 6.08 Å². The summed E-state index contributed by atoms with van der Waals surface area (Å²) in [6.07, 6.45) is 4.74. The molecule has 1 aliphatic heterocycles. The molecule has 0 N–H and O–H groups in total. The SMILES string of the molecule is O=C(C=Cc1ccccc1F)N1CCN(c2ccccn2)CC1. The number of carbonyl (C=O) groups is 1. The number of halogens is 1. The second-order valence-electron chi connectivity index (χ2n) is 5.36. The van der Waals surface area contributed by atoms with Crippen molar-refractivity contribution in [3.8, 4) is 0 Å². The van der Waals surface area contributed by atoms with Gasteiger partial charge in [0.15, 0.2) is 0 Å². The van der Waals surface area contributed by atoms with Gasteiger partial charge in [-0.25, -0.2) is 9.37 Å². The number of carbonyl (C=O) groups excluding carboxylic acids is 1. The Morgan fingerprint density at radius 2 is 1.78 bits per heavy atom. The first-order valence-electron chi connectivity index (χ1n) is 7.61. The van der Waals surface area contributed by atoms with Crippen LogP contribution in [-0.4, -0.2) is 42.0 Å². The van der Waals surface area contributed by atoms with Crippen molar-refractivity contribution in [3.63, 3.8) is 0 Å². The zero-order valence-electron chi connectivity index (χ0n) is 12.7. The van der Waals surface area contributed by atoms with Gasteiger partial charge in [-0.2, -0.15) is 0 Å². The molecule has 4 nitrogen and oxygen atoms in total. The lowest BCUT2D eigenvalue weighted by molar-refractivity contribution is -0.126. The lowest BCUT2D eigenvalue weighted by atomic mass is 10.2. The Bertz CT molecular complexity index is 694. The minimum absolute atomic E-state index is 0.0890. The van der Waals surface area contributed by atoms with Gasteiger partial charge in [0, 0.05) is 44.0 Å². The van der Waals surface area contributed by atoms with Gasteiger partial charge in [0.05, 0.1) is 0 Å². The van der Waals surface area contributed by atoms with Crippen molar-refractivity contribution in [2.45, 2.75) is 0 Å². The zero-order valence-corrected chi connectivity index (χ0v) is 12.7. The molecule has 0 atom stereocenters. The van der Waals surface area contributed by atoms with E-state index in [1.807, 2.05) is 18.2 Å². The molecular formula is C18H18FN3O. The summed E-state index contributed by atoms with van der Waals surface area (Å²) in [6, 6.07) is 12.2. The van der Waals surface area contributed by atoms with Crippen LogP contribution < -0.4 is 4.90 Å². The number of hydrogen-bond donors (Lipinski definition) is 0. The first-order valence-corrected chi connectivity index (χ1v) is 7.61. The van der Waals surface area contributed by atoms with Crippen molar-refractivity contribution in [1.82, 2.24) is 9.88 Å². The van der Waals surface area contributed by atoms with E-state index in [9.17, 15) is 9.18 Å². The summed E-state index contributed by atoms with van der Waals surface area (Å²) in [5, 5.41) is 0. The molecule has 1 amide bonds. The van der Waals surface area contributed by atoms with Gasteiger partial charge in [-0.15, -0.1) is 0 Å². The number of piperazine rings is 1. The molecule has 0 unspecified atom stereocenters. The maximum atomic E-state index is 13.5. The van der Waals surface area contributed by atoms with Crippen LogP contribution in [0.2, 0.25) is 0 Å². The zero-order chi connectivity index (χ0) is 16.1. The molecule has 0 radical (unpaired) electrons. The van der Waals surface area contributed by atoms with Gasteiger partial charge in [-0.3, -0.25) is 4.79 Å². The Balaban J connectivity index is 1.57. The van der Waals surface area contributed by atoms with Crippen LogP contribution in [0.4, 0.5) is 10.2 Å². The molecule has 2 heterocycles. The van der Waals surface area contributed by atoms with Crippen LogP contribution in [0, 0.1) is 5.82 Å². The Morgan fingerprint density at radius 3 is 2.48 bits per heavy atom. The van der Waals surface area contributed by atoms with Gasteiger partial charge in [-0.1, -0.05) is 24.3 Å². The van der Waals surface area contributed by atoms with Crippen LogP contribution >= 0.6 is 0 Å². The third kappa shape index (κ3) is 3.74. The third-order valence-electron chi connectivity index (χ3n) is 3.88. The number of aromatic nitrogens is 1. The second-order valence-corrected chi connectivity index (χ2v) is 5.36. The van der Waals surface area contributed by atoms with E-state index >= 15 is 0 Å². The summed E-state index contributed by atoms with van der Waals surface area (Å²) in [4.78, 5) is 20.5. The van der Waals surface area contributed by atoms with Gasteiger partial charge in [0.25, 0.3) is 0 Å². The average Bonchev–Trinajstić information content (AvgIpc) is 2.62. The fraction of sp³-hybridized carbons (Fsp3) is 0.222. The molecule has 0 bridgehead atoms. The molecule has 0 aliphatic carbocycles. The Labute approximate surface area is 134 Å². The quantitative estimate of drug-likeness (QED) is 0.818. The molecule has 3 rings (SSSR count). The topological polar surface area (TPSA) is 36.4 Å². The highest BCUT2D eigenvalue weighted by atomic mass is 19.1. The van der Waals surface area contributed by atoms with Gasteiger partial charge < -0.3 is 9.80 Å². The summed E-state index contributed by atoms with van der Waals surface area (Å²) < 4.78 is 13.5. The Morgan fingerprint density at radius 1 is 1.04 bits per heavy atom. The predicted molar refractivity (Wildman–Crippen MR) is 88.5 cm³/mol. The summed E-state index contributed by atoms with van der Waals surface area (Å²) in [5.41, 5.74) is 0.424. The highest BCUT2D eigenvalue weighted by Crippen LogP contribution is 2.13. The number of amides is 1. The molecule has 1 fully saturated rings. The van der Waals surface area contributed by atoms with E-state index < -0.39 is 0 Å². The van der Waals surface area contributed by atoms with E-state index in [1.54, 1.807) is 29.3 Å². The van der Waals surface area contributed by atoms with Crippen molar-refractivity contribution in [1.29, 1.82) is 0 Å². The molecule has 1 aromatic heterocycles. The van der Waals surface area contributed by atoms with Crippen LogP contribution in [0.15, 0.2) is 54.7 Å². The van der Waals surface area contributed by atoms with Crippen LogP contribution in [-0.2, 0) is 4.79 Å². The third-order valence-corrected chi connectivity index (χ3v) is 3.88. The lowest BCUT2D eigenvalue weighted by Gasteiger charge is -2.34. The van der Waals surface area contributed by atoms with Crippen LogP contribution in [0.3, 0.4) is 0 Å². The minimum atomic E-state index is -0.323. The molecule has 0 spiro atoms. The van der Waals surface area contributed by atoms with Gasteiger partial charge in [0.1, 0.15) is 11.6 Å². The first-order chi connectivity index (χ1) is 11.2. The number of rotatable bonds is 3. The summed E-state index contributed by atoms with van der Waals surface area (Å²) >= 11 is 0. The predicted octanol–water partition coefficient (Wildman–Crippen LogP) is 2.58. The number of pyridine rings is 1. The van der Waals surface area contributed by atoms with Crippen molar-refractivity contribution in [3.05, 3.63) is 66.1 Å². The standard InChI is InChI=1S/C18H18FN3O/c19-16-6-2-1-5-15(16)8-9-18(23)22-13-11-21(12-14-22)17-7-3-4-10-20-17/h1-10H,11-14H2. The van der Waals surface area contributed by atoms with E-state index in [1.165, 1.54) is 18.2 Å². The molecule has 0 saturated carbocycles. The van der Waals surface area contributed by atoms with E-state index in [4.69, 9.17) is 0 Å². The molecule has 5 heteroatoms. The molecule has 1 aliphatic rings. The Hall–Kier alpha value is -2.69. The van der Waals surface area contributed by atoms with E-state index in [-0.39, 0.29) is 11.7 Å². The number of anilines is 1. The van der Waals surface area contributed by atoms with Gasteiger partial charge >= 0.3 is 0 Å². The molecule has 23 heavy (non-hydrogen) atoms. The van der Waals surface area contributed by atoms with Gasteiger partial charge in [0.2, 0.25) is 5.91 Å². The van der Waals surface area contributed by atoms with Crippen LogP contribution in [0.1, 0.15) is 5.56 Å². The monoisotopic (exact) mass is 311 g/mol. The van der Waals surface area contributed by atoms with Gasteiger partial charge in [-0.05, 0) is 24.3 Å². The lowest BCUT2D eigenvalue weighted by Crippen LogP contribution is -2.48. The fourth-order valence-electron chi connectivity index (χ4n) is 2.57. The highest BCUT2D eigenvalue weighted by Gasteiger charge is 2.20. The number of benzene rings is 1. The van der Waals surface area contributed by atoms with Crippen molar-refractivity contribution < 1.29 is 9.18 Å². The van der Waals surface area contributed by atoms with Crippen molar-refractivity contribution in [2.75, 3.05) is 31.1 Å². The Kier molecular flexibility index (Phi) is 4.66. The van der Waals surface area contributed by atoms with Crippen molar-refractivity contribution in [2.24, 2.45) is 0 Å². The molecule has 2 aromatic rings. The average molecular weight is 311 g/mol. The fourth-order valence-corrected chi connectivity index (χ4v) is 2.57. The second kappa shape index (κ2) is 7.05.